The largest absolute Gasteiger partial charge is 0.497 e. The highest BCUT2D eigenvalue weighted by Crippen LogP contribution is 2.38. The summed E-state index contributed by atoms with van der Waals surface area (Å²) in [5.41, 5.74) is 1.94. The van der Waals surface area contributed by atoms with E-state index in [1.54, 1.807) is 19.1 Å². The van der Waals surface area contributed by atoms with Gasteiger partial charge in [-0.15, -0.1) is 0 Å². The van der Waals surface area contributed by atoms with Crippen LogP contribution in [0.5, 0.6) is 23.0 Å². The van der Waals surface area contributed by atoms with Crippen LogP contribution in [-0.4, -0.2) is 72.2 Å². The Bertz CT molecular complexity index is 1640. The predicted octanol–water partition coefficient (Wildman–Crippen LogP) is 5.09. The number of carbonyl (C=O) groups is 2. The van der Waals surface area contributed by atoms with Crippen LogP contribution in [0.15, 0.2) is 65.6 Å². The number of anilines is 1. The molecule has 1 unspecified atom stereocenters. The van der Waals surface area contributed by atoms with Gasteiger partial charge in [0, 0.05) is 24.7 Å². The molecule has 0 heterocycles. The molecule has 1 atom stereocenters. The zero-order chi connectivity index (χ0) is 34.1. The van der Waals surface area contributed by atoms with Crippen molar-refractivity contribution in [1.82, 2.24) is 10.2 Å². The lowest BCUT2D eigenvalue weighted by Crippen LogP contribution is -2.53. The van der Waals surface area contributed by atoms with Crippen molar-refractivity contribution in [1.29, 1.82) is 0 Å². The Labute approximate surface area is 277 Å². The molecule has 1 aliphatic rings. The number of rotatable bonds is 14. The average molecular weight is 668 g/mol. The standard InChI is InChI=1S/C35H45N3O8S/c1-24-12-14-26(15-13-24)22-37(25(2)35(40)36-27-10-8-7-9-11-27)34(39)23-38(30-20-28(43-3)16-18-31(30)44-4)47(41,42)29-17-19-32(45-5)33(21-29)46-6/h12-21,25,27H,7-11,22-23H2,1-6H3,(H,36,40). The lowest BCUT2D eigenvalue weighted by atomic mass is 9.95. The summed E-state index contributed by atoms with van der Waals surface area (Å²) in [6.45, 7) is 3.10. The van der Waals surface area contributed by atoms with E-state index in [2.05, 4.69) is 5.32 Å². The number of hydrogen-bond acceptors (Lipinski definition) is 8. The van der Waals surface area contributed by atoms with E-state index in [4.69, 9.17) is 18.9 Å². The second kappa shape index (κ2) is 15.9. The molecule has 1 saturated carbocycles. The molecule has 254 valence electrons. The Balaban J connectivity index is 1.78. The monoisotopic (exact) mass is 667 g/mol. The van der Waals surface area contributed by atoms with Crippen LogP contribution in [0.2, 0.25) is 0 Å². The Morgan fingerprint density at radius 2 is 1.47 bits per heavy atom. The fourth-order valence-electron chi connectivity index (χ4n) is 5.65. The number of methoxy groups -OCH3 is 4. The molecule has 0 aliphatic heterocycles. The van der Waals surface area contributed by atoms with Gasteiger partial charge < -0.3 is 29.2 Å². The molecule has 0 spiro atoms. The number of aryl methyl sites for hydroxylation is 1. The summed E-state index contributed by atoms with van der Waals surface area (Å²) >= 11 is 0. The van der Waals surface area contributed by atoms with Gasteiger partial charge in [-0.3, -0.25) is 13.9 Å². The highest BCUT2D eigenvalue weighted by Gasteiger charge is 2.35. The topological polar surface area (TPSA) is 124 Å². The van der Waals surface area contributed by atoms with Crippen LogP contribution in [0.3, 0.4) is 0 Å². The summed E-state index contributed by atoms with van der Waals surface area (Å²) < 4.78 is 51.6. The summed E-state index contributed by atoms with van der Waals surface area (Å²) in [4.78, 5) is 29.3. The third-order valence-corrected chi connectivity index (χ3v) is 10.2. The molecule has 1 aliphatic carbocycles. The summed E-state index contributed by atoms with van der Waals surface area (Å²) in [7, 11) is 1.30. The van der Waals surface area contributed by atoms with Gasteiger partial charge in [0.05, 0.1) is 39.0 Å². The van der Waals surface area contributed by atoms with Crippen LogP contribution >= 0.6 is 0 Å². The van der Waals surface area contributed by atoms with Crippen molar-refractivity contribution in [3.05, 3.63) is 71.8 Å². The quantitative estimate of drug-likeness (QED) is 0.252. The number of ether oxygens (including phenoxy) is 4. The van der Waals surface area contributed by atoms with E-state index in [0.717, 1.165) is 47.5 Å². The number of carbonyl (C=O) groups excluding carboxylic acids is 2. The van der Waals surface area contributed by atoms with E-state index < -0.39 is 28.5 Å². The van der Waals surface area contributed by atoms with Crippen molar-refractivity contribution in [2.24, 2.45) is 0 Å². The SMILES string of the molecule is COc1ccc(OC)c(N(CC(=O)N(Cc2ccc(C)cc2)C(C)C(=O)NC2CCCCC2)S(=O)(=O)c2ccc(OC)c(OC)c2)c1. The maximum absolute atomic E-state index is 14.5. The number of nitrogens with one attached hydrogen (secondary N) is 1. The normalized spacial score (nSPS) is 14.1. The van der Waals surface area contributed by atoms with Gasteiger partial charge in [-0.05, 0) is 56.5 Å². The lowest BCUT2D eigenvalue weighted by Gasteiger charge is -2.33. The van der Waals surface area contributed by atoms with Crippen LogP contribution in [-0.2, 0) is 26.2 Å². The van der Waals surface area contributed by atoms with Crippen molar-refractivity contribution < 1.29 is 37.0 Å². The summed E-state index contributed by atoms with van der Waals surface area (Å²) in [5, 5.41) is 3.12. The van der Waals surface area contributed by atoms with Crippen molar-refractivity contribution in [3.8, 4) is 23.0 Å². The molecule has 3 aromatic carbocycles. The van der Waals surface area contributed by atoms with E-state index in [0.29, 0.717) is 11.5 Å². The number of benzene rings is 3. The molecule has 2 amide bonds. The molecule has 0 radical (unpaired) electrons. The van der Waals surface area contributed by atoms with Crippen LogP contribution in [0.1, 0.15) is 50.2 Å². The number of hydrogen-bond donors (Lipinski definition) is 1. The molecule has 11 nitrogen and oxygen atoms in total. The summed E-state index contributed by atoms with van der Waals surface area (Å²) in [5.74, 6) is 0.242. The molecular weight excluding hydrogens is 622 g/mol. The Morgan fingerprint density at radius 3 is 2.09 bits per heavy atom. The zero-order valence-corrected chi connectivity index (χ0v) is 28.8. The highest BCUT2D eigenvalue weighted by atomic mass is 32.2. The second-order valence-corrected chi connectivity index (χ2v) is 13.5. The van der Waals surface area contributed by atoms with Gasteiger partial charge >= 0.3 is 0 Å². The minimum absolute atomic E-state index is 0.0398. The predicted molar refractivity (Wildman–Crippen MR) is 180 cm³/mol. The Morgan fingerprint density at radius 1 is 0.830 bits per heavy atom. The summed E-state index contributed by atoms with van der Waals surface area (Å²) in [6.07, 6.45) is 4.99. The number of nitrogens with zero attached hydrogens (tertiary/aromatic N) is 2. The molecule has 0 saturated heterocycles. The van der Waals surface area contributed by atoms with Gasteiger partial charge in [0.2, 0.25) is 11.8 Å². The first-order chi connectivity index (χ1) is 22.5. The van der Waals surface area contributed by atoms with Gasteiger partial charge in [-0.1, -0.05) is 49.1 Å². The van der Waals surface area contributed by atoms with Crippen molar-refractivity contribution in [2.75, 3.05) is 39.3 Å². The first-order valence-corrected chi connectivity index (χ1v) is 17.1. The van der Waals surface area contributed by atoms with Gasteiger partial charge in [0.1, 0.15) is 24.1 Å². The Kier molecular flexibility index (Phi) is 12.0. The molecule has 4 rings (SSSR count). The van der Waals surface area contributed by atoms with Gasteiger partial charge in [-0.25, -0.2) is 8.42 Å². The van der Waals surface area contributed by atoms with Gasteiger partial charge in [0.15, 0.2) is 11.5 Å². The van der Waals surface area contributed by atoms with Gasteiger partial charge in [0.25, 0.3) is 10.0 Å². The zero-order valence-electron chi connectivity index (χ0n) is 27.9. The first-order valence-electron chi connectivity index (χ1n) is 15.6. The van der Waals surface area contributed by atoms with E-state index in [-0.39, 0.29) is 40.6 Å². The minimum atomic E-state index is -4.43. The fourth-order valence-corrected chi connectivity index (χ4v) is 7.08. The van der Waals surface area contributed by atoms with E-state index >= 15 is 0 Å². The van der Waals surface area contributed by atoms with E-state index in [1.807, 2.05) is 31.2 Å². The highest BCUT2D eigenvalue weighted by molar-refractivity contribution is 7.92. The average Bonchev–Trinajstić information content (AvgIpc) is 3.09. The van der Waals surface area contributed by atoms with Crippen molar-refractivity contribution >= 4 is 27.5 Å². The third kappa shape index (κ3) is 8.48. The molecule has 0 aromatic heterocycles. The third-order valence-electron chi connectivity index (χ3n) is 8.47. The lowest BCUT2D eigenvalue weighted by molar-refractivity contribution is -0.139. The fraction of sp³-hybridized carbons (Fsp3) is 0.429. The first kappa shape index (κ1) is 35.4. The van der Waals surface area contributed by atoms with Crippen LogP contribution in [0.4, 0.5) is 5.69 Å². The minimum Gasteiger partial charge on any atom is -0.497 e. The van der Waals surface area contributed by atoms with Gasteiger partial charge in [-0.2, -0.15) is 0 Å². The van der Waals surface area contributed by atoms with E-state index in [1.165, 1.54) is 57.6 Å². The molecular formula is C35H45N3O8S. The smallest absolute Gasteiger partial charge is 0.265 e. The second-order valence-electron chi connectivity index (χ2n) is 11.6. The molecule has 3 aromatic rings. The number of amides is 2. The molecule has 0 bridgehead atoms. The summed E-state index contributed by atoms with van der Waals surface area (Å²) in [6, 6.07) is 15.7. The Hall–Kier alpha value is -4.45. The van der Waals surface area contributed by atoms with Crippen molar-refractivity contribution in [3.63, 3.8) is 0 Å². The van der Waals surface area contributed by atoms with E-state index in [9.17, 15) is 18.0 Å². The van der Waals surface area contributed by atoms with Crippen LogP contribution in [0, 0.1) is 6.92 Å². The molecule has 1 fully saturated rings. The van der Waals surface area contributed by atoms with Crippen molar-refractivity contribution in [2.45, 2.75) is 69.5 Å². The van der Waals surface area contributed by atoms with Crippen LogP contribution < -0.4 is 28.6 Å². The number of sulfonamides is 1. The molecule has 47 heavy (non-hydrogen) atoms. The molecule has 1 N–H and O–H groups in total. The maximum Gasteiger partial charge on any atom is 0.265 e. The van der Waals surface area contributed by atoms with Crippen LogP contribution in [0.25, 0.3) is 0 Å². The maximum atomic E-state index is 14.5. The molecule has 12 heteroatoms.